The molecule has 1 amide bonds. The van der Waals surface area contributed by atoms with E-state index in [1.807, 2.05) is 4.13 Å². The van der Waals surface area contributed by atoms with Crippen LogP contribution in [0.15, 0.2) is 38.2 Å². The molecule has 1 aromatic heterocycles. The van der Waals surface area contributed by atoms with Crippen molar-refractivity contribution in [2.45, 2.75) is 5.09 Å². The first kappa shape index (κ1) is 12.1. The van der Waals surface area contributed by atoms with E-state index in [1.165, 1.54) is 18.4 Å². The molecule has 92 valence electrons. The number of nitrogens with zero attached hydrogens (tertiary/aromatic N) is 3. The zero-order valence-corrected chi connectivity index (χ0v) is 10.1. The molecule has 0 fully saturated rings. The van der Waals surface area contributed by atoms with Crippen LogP contribution in [0.5, 0.6) is 0 Å². The Hall–Kier alpha value is -1.39. The van der Waals surface area contributed by atoms with Gasteiger partial charge in [-0.15, -0.1) is 4.13 Å². The molecule has 8 nitrogen and oxygen atoms in total. The highest BCUT2D eigenvalue weighted by molar-refractivity contribution is 8.18. The minimum Gasteiger partial charge on any atom is -0.452 e. The van der Waals surface area contributed by atoms with E-state index in [-0.39, 0.29) is 5.09 Å². The molecular weight excluding hydrogens is 268 g/mol. The van der Waals surface area contributed by atoms with Crippen molar-refractivity contribution in [3.05, 3.63) is 18.4 Å². The van der Waals surface area contributed by atoms with E-state index in [0.29, 0.717) is 25.0 Å². The summed E-state index contributed by atoms with van der Waals surface area (Å²) in [5.74, 6) is 0. The molecule has 10 heteroatoms. The summed E-state index contributed by atoms with van der Waals surface area (Å²) in [5.41, 5.74) is 0. The second-order valence-corrected chi connectivity index (χ2v) is 5.59. The quantitative estimate of drug-likeness (QED) is 0.829. The van der Waals surface area contributed by atoms with Gasteiger partial charge in [0.25, 0.3) is 10.0 Å². The number of amides is 1. The molecule has 0 bridgehead atoms. The van der Waals surface area contributed by atoms with Crippen LogP contribution in [0, 0.1) is 0 Å². The lowest BCUT2D eigenvalue weighted by molar-refractivity contribution is 0.230. The van der Waals surface area contributed by atoms with Crippen molar-refractivity contribution in [2.75, 3.05) is 13.1 Å². The first-order valence-corrected chi connectivity index (χ1v) is 6.80. The standard InChI is InChI=1S/C7H8N4O4S2/c12-7(11-4-3-8-9-11)16-10-17(13,14)6-2-1-5-15-6/h1-2,5,10H,3-4H2. The van der Waals surface area contributed by atoms with Crippen molar-refractivity contribution in [3.63, 3.8) is 0 Å². The van der Waals surface area contributed by atoms with Gasteiger partial charge in [0.15, 0.2) is 0 Å². The van der Waals surface area contributed by atoms with Gasteiger partial charge in [0.1, 0.15) is 0 Å². The minimum absolute atomic E-state index is 0.249. The summed E-state index contributed by atoms with van der Waals surface area (Å²) in [7, 11) is -3.82. The molecule has 17 heavy (non-hydrogen) atoms. The first-order chi connectivity index (χ1) is 8.09. The van der Waals surface area contributed by atoms with Gasteiger partial charge in [-0.05, 0) is 12.1 Å². The highest BCUT2D eigenvalue weighted by atomic mass is 32.3. The predicted octanol–water partition coefficient (Wildman–Crippen LogP) is 1.01. The molecule has 1 N–H and O–H groups in total. The molecule has 2 rings (SSSR count). The Balaban J connectivity index is 1.94. The molecule has 1 aliphatic heterocycles. The largest absolute Gasteiger partial charge is 0.452 e. The molecule has 0 saturated heterocycles. The lowest BCUT2D eigenvalue weighted by Crippen LogP contribution is -2.26. The third kappa shape index (κ3) is 2.84. The third-order valence-corrected chi connectivity index (χ3v) is 4.15. The number of carbonyl (C=O) groups excluding carboxylic acids is 1. The topological polar surface area (TPSA) is 104 Å². The summed E-state index contributed by atoms with van der Waals surface area (Å²) in [5, 5.41) is 7.42. The number of rotatable bonds is 3. The Morgan fingerprint density at radius 2 is 2.41 bits per heavy atom. The molecule has 0 saturated carbocycles. The van der Waals surface area contributed by atoms with Gasteiger partial charge in [-0.2, -0.15) is 5.11 Å². The fraction of sp³-hybridized carbons (Fsp3) is 0.286. The number of hydrogen-bond acceptors (Lipinski definition) is 7. The maximum absolute atomic E-state index is 11.6. The summed E-state index contributed by atoms with van der Waals surface area (Å²) in [6.45, 7) is 0.783. The van der Waals surface area contributed by atoms with Gasteiger partial charge in [-0.3, -0.25) is 4.79 Å². The van der Waals surface area contributed by atoms with Crippen LogP contribution in [-0.2, 0) is 10.0 Å². The van der Waals surface area contributed by atoms with Gasteiger partial charge < -0.3 is 4.42 Å². The van der Waals surface area contributed by atoms with Gasteiger partial charge >= 0.3 is 5.24 Å². The van der Waals surface area contributed by atoms with E-state index >= 15 is 0 Å². The minimum atomic E-state index is -3.82. The molecule has 1 aliphatic rings. The predicted molar refractivity (Wildman–Crippen MR) is 58.4 cm³/mol. The second kappa shape index (κ2) is 4.85. The molecule has 1 aromatic rings. The SMILES string of the molecule is O=C(SNS(=O)(=O)c1ccco1)N1CCN=N1. The van der Waals surface area contributed by atoms with Crippen molar-refractivity contribution >= 4 is 27.2 Å². The van der Waals surface area contributed by atoms with Crippen LogP contribution in [0.4, 0.5) is 4.79 Å². The van der Waals surface area contributed by atoms with Crippen molar-refractivity contribution < 1.29 is 17.6 Å². The summed E-state index contributed by atoms with van der Waals surface area (Å²) < 4.78 is 29.9. The normalized spacial score (nSPS) is 15.4. The fourth-order valence-corrected chi connectivity index (χ4v) is 2.76. The molecule has 0 aliphatic carbocycles. The van der Waals surface area contributed by atoms with Crippen LogP contribution >= 0.6 is 11.9 Å². The molecular formula is C7H8N4O4S2. The van der Waals surface area contributed by atoms with E-state index in [0.717, 1.165) is 5.01 Å². The maximum atomic E-state index is 11.6. The summed E-state index contributed by atoms with van der Waals surface area (Å²) in [4.78, 5) is 11.4. The molecule has 0 radical (unpaired) electrons. The van der Waals surface area contributed by atoms with E-state index < -0.39 is 15.3 Å². The van der Waals surface area contributed by atoms with Gasteiger partial charge in [0.05, 0.1) is 19.4 Å². The summed E-state index contributed by atoms with van der Waals surface area (Å²) >= 11 is 0.414. The lowest BCUT2D eigenvalue weighted by Gasteiger charge is -2.08. The fourth-order valence-electron chi connectivity index (χ4n) is 1.03. The smallest absolute Gasteiger partial charge is 0.319 e. The summed E-state index contributed by atoms with van der Waals surface area (Å²) in [6, 6.07) is 2.72. The van der Waals surface area contributed by atoms with E-state index in [1.54, 1.807) is 0 Å². The van der Waals surface area contributed by atoms with Gasteiger partial charge in [-0.25, -0.2) is 13.4 Å². The zero-order chi connectivity index (χ0) is 12.3. The van der Waals surface area contributed by atoms with Gasteiger partial charge in [-0.1, -0.05) is 5.22 Å². The number of sulfonamides is 1. The Kier molecular flexibility index (Phi) is 3.45. The van der Waals surface area contributed by atoms with Gasteiger partial charge in [0, 0.05) is 11.9 Å². The van der Waals surface area contributed by atoms with Crippen molar-refractivity contribution in [1.29, 1.82) is 0 Å². The molecule has 2 heterocycles. The van der Waals surface area contributed by atoms with Crippen LogP contribution in [0.3, 0.4) is 0 Å². The monoisotopic (exact) mass is 276 g/mol. The highest BCUT2D eigenvalue weighted by Crippen LogP contribution is 2.15. The van der Waals surface area contributed by atoms with E-state index in [2.05, 4.69) is 10.3 Å². The van der Waals surface area contributed by atoms with Crippen molar-refractivity contribution in [3.8, 4) is 0 Å². The second-order valence-electron chi connectivity index (χ2n) is 2.96. The average molecular weight is 276 g/mol. The molecule has 0 spiro atoms. The van der Waals surface area contributed by atoms with Gasteiger partial charge in [0.2, 0.25) is 5.09 Å². The average Bonchev–Trinajstić information content (AvgIpc) is 2.97. The number of carbonyl (C=O) groups is 1. The van der Waals surface area contributed by atoms with Crippen LogP contribution in [0.2, 0.25) is 0 Å². The lowest BCUT2D eigenvalue weighted by atomic mass is 10.7. The van der Waals surface area contributed by atoms with E-state index in [9.17, 15) is 13.2 Å². The number of nitrogens with one attached hydrogen (secondary N) is 1. The van der Waals surface area contributed by atoms with E-state index in [4.69, 9.17) is 4.42 Å². The number of hydrogen-bond donors (Lipinski definition) is 1. The third-order valence-electron chi connectivity index (χ3n) is 1.79. The summed E-state index contributed by atoms with van der Waals surface area (Å²) in [6.07, 6.45) is 1.23. The highest BCUT2D eigenvalue weighted by Gasteiger charge is 2.23. The zero-order valence-electron chi connectivity index (χ0n) is 8.44. The Morgan fingerprint density at radius 3 is 3.00 bits per heavy atom. The van der Waals surface area contributed by atoms with Crippen LogP contribution in [0.1, 0.15) is 0 Å². The molecule has 0 atom stereocenters. The van der Waals surface area contributed by atoms with Crippen molar-refractivity contribution in [1.82, 2.24) is 9.14 Å². The Bertz CT molecular complexity index is 524. The van der Waals surface area contributed by atoms with Crippen LogP contribution in [-0.4, -0.2) is 31.8 Å². The van der Waals surface area contributed by atoms with Crippen LogP contribution in [0.25, 0.3) is 0 Å². The first-order valence-electron chi connectivity index (χ1n) is 4.51. The Morgan fingerprint density at radius 1 is 1.59 bits per heavy atom. The maximum Gasteiger partial charge on any atom is 0.319 e. The molecule has 0 aromatic carbocycles. The van der Waals surface area contributed by atoms with Crippen LogP contribution < -0.4 is 4.13 Å². The Labute approximate surface area is 101 Å². The van der Waals surface area contributed by atoms with Crippen molar-refractivity contribution in [2.24, 2.45) is 10.3 Å². The molecule has 0 unspecified atom stereocenters. The number of furan rings is 1.